The Morgan fingerprint density at radius 3 is 1.81 bits per heavy atom. The zero-order chi connectivity index (χ0) is 28.9. The fourth-order valence-electron chi connectivity index (χ4n) is 5.14. The lowest BCUT2D eigenvalue weighted by atomic mass is 9.90. The van der Waals surface area contributed by atoms with Gasteiger partial charge in [0.05, 0.1) is 10.8 Å². The molecule has 1 aliphatic carbocycles. The summed E-state index contributed by atoms with van der Waals surface area (Å²) < 4.78 is 38.3. The SMILES string of the molecule is C.C.C.C.CCC(C)(C)C(=O)OC1C(=O)OC2C3OC(C)(C)OC3OC12.CCC(C)(C)C(=O)OC1C(=O)OC2CCCC21. The molecule has 252 valence electrons. The molecule has 5 rings (SSSR count). The van der Waals surface area contributed by atoms with E-state index < -0.39 is 65.4 Å². The highest BCUT2D eigenvalue weighted by Gasteiger charge is 2.64. The van der Waals surface area contributed by atoms with Crippen LogP contribution in [0, 0.1) is 16.7 Å². The number of carbonyl (C=O) groups is 4. The van der Waals surface area contributed by atoms with E-state index in [1.165, 1.54) is 0 Å². The van der Waals surface area contributed by atoms with E-state index in [1.54, 1.807) is 27.7 Å². The van der Waals surface area contributed by atoms with Crippen LogP contribution in [0.4, 0.5) is 0 Å². The molecule has 0 radical (unpaired) electrons. The number of hydrogen-bond donors (Lipinski definition) is 0. The molecule has 8 atom stereocenters. The Balaban J connectivity index is 0.000000771. The number of esters is 4. The maximum absolute atomic E-state index is 12.2. The Kier molecular flexibility index (Phi) is 13.9. The van der Waals surface area contributed by atoms with E-state index in [-0.39, 0.29) is 53.7 Å². The first-order chi connectivity index (χ1) is 18.1. The molecule has 8 unspecified atom stereocenters. The fraction of sp³-hybridized carbons (Fsp3) is 0.875. The van der Waals surface area contributed by atoms with Gasteiger partial charge in [0.1, 0.15) is 12.2 Å². The first-order valence-corrected chi connectivity index (χ1v) is 13.9. The van der Waals surface area contributed by atoms with Gasteiger partial charge in [0.25, 0.3) is 0 Å². The summed E-state index contributed by atoms with van der Waals surface area (Å²) in [7, 11) is 0. The van der Waals surface area contributed by atoms with Crippen molar-refractivity contribution in [2.75, 3.05) is 0 Å². The predicted octanol–water partition coefficient (Wildman–Crippen LogP) is 5.74. The molecule has 0 aromatic heterocycles. The Morgan fingerprint density at radius 2 is 1.28 bits per heavy atom. The molecule has 0 spiro atoms. The summed E-state index contributed by atoms with van der Waals surface area (Å²) in [6, 6.07) is 0. The van der Waals surface area contributed by atoms with Crippen molar-refractivity contribution in [3.05, 3.63) is 0 Å². The minimum atomic E-state index is -1.07. The summed E-state index contributed by atoms with van der Waals surface area (Å²) in [5, 5.41) is 0. The van der Waals surface area contributed by atoms with E-state index >= 15 is 0 Å². The van der Waals surface area contributed by atoms with Crippen molar-refractivity contribution in [2.45, 2.75) is 166 Å². The monoisotopic (exact) mass is 618 g/mol. The summed E-state index contributed by atoms with van der Waals surface area (Å²) in [6.45, 7) is 14.6. The molecule has 4 saturated heterocycles. The van der Waals surface area contributed by atoms with Crippen molar-refractivity contribution in [3.8, 4) is 0 Å². The van der Waals surface area contributed by atoms with Crippen LogP contribution in [0.5, 0.6) is 0 Å². The van der Waals surface area contributed by atoms with Crippen LogP contribution in [0.25, 0.3) is 0 Å². The van der Waals surface area contributed by atoms with Crippen LogP contribution in [-0.2, 0) is 52.3 Å². The van der Waals surface area contributed by atoms with Gasteiger partial charge in [0.15, 0.2) is 24.3 Å². The number of fused-ring (bicyclic) bond motifs is 4. The molecular weight excluding hydrogens is 560 g/mol. The van der Waals surface area contributed by atoms with Crippen LogP contribution in [0.3, 0.4) is 0 Å². The molecular formula is C32H58O11. The van der Waals surface area contributed by atoms with Crippen molar-refractivity contribution >= 4 is 23.9 Å². The number of carbonyl (C=O) groups excluding carboxylic acids is 4. The Hall–Kier alpha value is -2.24. The summed E-state index contributed by atoms with van der Waals surface area (Å²) in [5.74, 6) is -2.40. The average molecular weight is 619 g/mol. The molecule has 11 nitrogen and oxygen atoms in total. The van der Waals surface area contributed by atoms with Gasteiger partial charge in [-0.05, 0) is 73.6 Å². The van der Waals surface area contributed by atoms with Gasteiger partial charge < -0.3 is 33.2 Å². The highest BCUT2D eigenvalue weighted by atomic mass is 16.9. The lowest BCUT2D eigenvalue weighted by Gasteiger charge is -2.24. The lowest BCUT2D eigenvalue weighted by molar-refractivity contribution is -0.217. The highest BCUT2D eigenvalue weighted by molar-refractivity contribution is 5.84. The standard InChI is InChI=1S/C15H22O7.C13H20O4.4CH4/c1-6-14(2,3)13(17)20-9-7-8(18-11(9)16)10-12(19-7)22-15(4,5)21-10;1-4-13(2,3)12(15)17-10-8-6-5-7-9(8)16-11(10)14;;;;/h7-10,12H,6H2,1-5H3;8-10H,4-7H2,1-3H3;4*1H4. The van der Waals surface area contributed by atoms with Gasteiger partial charge in [-0.1, -0.05) is 43.6 Å². The van der Waals surface area contributed by atoms with Crippen LogP contribution in [0.2, 0.25) is 0 Å². The van der Waals surface area contributed by atoms with Crippen LogP contribution in [0.1, 0.15) is 117 Å². The van der Waals surface area contributed by atoms with Gasteiger partial charge in [-0.2, -0.15) is 0 Å². The van der Waals surface area contributed by atoms with Gasteiger partial charge in [0, 0.05) is 5.92 Å². The van der Waals surface area contributed by atoms with Crippen LogP contribution in [0.15, 0.2) is 0 Å². The molecule has 4 aliphatic heterocycles. The van der Waals surface area contributed by atoms with Crippen LogP contribution >= 0.6 is 0 Å². The maximum atomic E-state index is 12.2. The number of rotatable bonds is 6. The van der Waals surface area contributed by atoms with Crippen molar-refractivity contribution < 1.29 is 52.3 Å². The quantitative estimate of drug-likeness (QED) is 0.266. The summed E-state index contributed by atoms with van der Waals surface area (Å²) in [6.07, 6.45) is 0.0178. The van der Waals surface area contributed by atoms with Gasteiger partial charge in [-0.15, -0.1) is 0 Å². The van der Waals surface area contributed by atoms with E-state index in [9.17, 15) is 19.2 Å². The van der Waals surface area contributed by atoms with Gasteiger partial charge in [0.2, 0.25) is 12.2 Å². The second-order valence-corrected chi connectivity index (χ2v) is 12.7. The molecule has 0 aromatic carbocycles. The molecule has 4 heterocycles. The van der Waals surface area contributed by atoms with Crippen molar-refractivity contribution in [3.63, 3.8) is 0 Å². The van der Waals surface area contributed by atoms with Crippen molar-refractivity contribution in [2.24, 2.45) is 16.7 Å². The van der Waals surface area contributed by atoms with E-state index in [0.717, 1.165) is 19.3 Å². The Labute approximate surface area is 258 Å². The number of ether oxygens (including phenoxy) is 7. The molecule has 5 fully saturated rings. The third kappa shape index (κ3) is 8.08. The highest BCUT2D eigenvalue weighted by Crippen LogP contribution is 2.43. The van der Waals surface area contributed by atoms with Gasteiger partial charge in [-0.25, -0.2) is 9.59 Å². The third-order valence-corrected chi connectivity index (χ3v) is 8.54. The molecule has 5 aliphatic rings. The van der Waals surface area contributed by atoms with Crippen LogP contribution in [-0.4, -0.2) is 72.6 Å². The first-order valence-electron chi connectivity index (χ1n) is 13.9. The molecule has 11 heteroatoms. The third-order valence-electron chi connectivity index (χ3n) is 8.54. The molecule has 43 heavy (non-hydrogen) atoms. The molecule has 0 aromatic rings. The normalized spacial score (nSPS) is 32.8. The van der Waals surface area contributed by atoms with Gasteiger partial charge in [-0.3, -0.25) is 9.59 Å². The summed E-state index contributed by atoms with van der Waals surface area (Å²) in [4.78, 5) is 47.8. The largest absolute Gasteiger partial charge is 0.459 e. The molecule has 0 N–H and O–H groups in total. The average Bonchev–Trinajstić information content (AvgIpc) is 3.63. The Bertz CT molecular complexity index is 988. The smallest absolute Gasteiger partial charge is 0.350 e. The minimum Gasteiger partial charge on any atom is -0.459 e. The first kappa shape index (κ1) is 40.8. The second-order valence-electron chi connectivity index (χ2n) is 12.7. The second kappa shape index (κ2) is 14.7. The van der Waals surface area contributed by atoms with E-state index in [1.807, 2.05) is 27.7 Å². The van der Waals surface area contributed by atoms with Gasteiger partial charge >= 0.3 is 23.9 Å². The van der Waals surface area contributed by atoms with Crippen molar-refractivity contribution in [1.29, 1.82) is 0 Å². The summed E-state index contributed by atoms with van der Waals surface area (Å²) in [5.41, 5.74) is -1.20. The van der Waals surface area contributed by atoms with Crippen molar-refractivity contribution in [1.82, 2.24) is 0 Å². The van der Waals surface area contributed by atoms with E-state index in [0.29, 0.717) is 12.8 Å². The Morgan fingerprint density at radius 1 is 0.767 bits per heavy atom. The molecule has 0 bridgehead atoms. The van der Waals surface area contributed by atoms with E-state index in [4.69, 9.17) is 33.2 Å². The fourth-order valence-corrected chi connectivity index (χ4v) is 5.14. The lowest BCUT2D eigenvalue weighted by Crippen LogP contribution is -2.40. The van der Waals surface area contributed by atoms with Crippen LogP contribution < -0.4 is 0 Å². The molecule has 1 saturated carbocycles. The van der Waals surface area contributed by atoms with E-state index in [2.05, 4.69) is 0 Å². The number of hydrogen-bond acceptors (Lipinski definition) is 11. The minimum absolute atomic E-state index is 0. The summed E-state index contributed by atoms with van der Waals surface area (Å²) >= 11 is 0. The topological polar surface area (TPSA) is 133 Å². The zero-order valence-electron chi connectivity index (χ0n) is 24.1. The maximum Gasteiger partial charge on any atom is 0.350 e. The molecule has 0 amide bonds. The zero-order valence-corrected chi connectivity index (χ0v) is 24.1. The predicted molar refractivity (Wildman–Crippen MR) is 161 cm³/mol.